The maximum atomic E-state index is 13.2. The first-order chi connectivity index (χ1) is 34.1. The Morgan fingerprint density at radius 2 is 0.814 bits per heavy atom. The molecule has 416 valence electrons. The molecular formula is C56H109NO13. The van der Waals surface area contributed by atoms with Crippen molar-refractivity contribution in [3.63, 3.8) is 0 Å². The van der Waals surface area contributed by atoms with Gasteiger partial charge in [-0.1, -0.05) is 239 Å². The first-order valence-corrected chi connectivity index (χ1v) is 29.3. The molecule has 14 heteroatoms. The Kier molecular flexibility index (Phi) is 40.2. The molecule has 0 spiro atoms. The van der Waals surface area contributed by atoms with Gasteiger partial charge >= 0.3 is 0 Å². The van der Waals surface area contributed by atoms with E-state index in [0.29, 0.717) is 12.8 Å². The highest BCUT2D eigenvalue weighted by Crippen LogP contribution is 2.30. The van der Waals surface area contributed by atoms with Crippen LogP contribution in [0.4, 0.5) is 0 Å². The van der Waals surface area contributed by atoms with E-state index in [1.54, 1.807) is 0 Å². The molecule has 70 heavy (non-hydrogen) atoms. The van der Waals surface area contributed by atoms with E-state index in [0.717, 1.165) is 51.4 Å². The van der Waals surface area contributed by atoms with Gasteiger partial charge in [-0.3, -0.25) is 4.79 Å². The van der Waals surface area contributed by atoms with E-state index >= 15 is 0 Å². The van der Waals surface area contributed by atoms with Gasteiger partial charge in [0.25, 0.3) is 0 Å². The van der Waals surface area contributed by atoms with E-state index in [9.17, 15) is 45.6 Å². The van der Waals surface area contributed by atoms with Crippen molar-refractivity contribution >= 4 is 5.91 Å². The van der Waals surface area contributed by atoms with Crippen molar-refractivity contribution in [1.82, 2.24) is 5.32 Å². The highest BCUT2D eigenvalue weighted by molar-refractivity contribution is 5.76. The number of rotatable bonds is 47. The fourth-order valence-corrected chi connectivity index (χ4v) is 10.1. The van der Waals surface area contributed by atoms with Gasteiger partial charge in [0.2, 0.25) is 5.91 Å². The third kappa shape index (κ3) is 29.2. The van der Waals surface area contributed by atoms with Crippen LogP contribution in [-0.4, -0.2) is 140 Å². The van der Waals surface area contributed by atoms with Crippen LogP contribution in [0.1, 0.15) is 258 Å². The van der Waals surface area contributed by atoms with Gasteiger partial charge < -0.3 is 65.1 Å². The van der Waals surface area contributed by atoms with Gasteiger partial charge in [0.05, 0.1) is 32.0 Å². The lowest BCUT2D eigenvalue weighted by molar-refractivity contribution is -0.359. The van der Waals surface area contributed by atoms with E-state index in [-0.39, 0.29) is 12.5 Å². The number of hydrogen-bond acceptors (Lipinski definition) is 13. The summed E-state index contributed by atoms with van der Waals surface area (Å²) in [6, 6.07) is -0.821. The van der Waals surface area contributed by atoms with E-state index in [2.05, 4.69) is 19.2 Å². The second kappa shape index (κ2) is 43.3. The molecule has 2 saturated heterocycles. The van der Waals surface area contributed by atoms with Crippen molar-refractivity contribution in [3.05, 3.63) is 0 Å². The Morgan fingerprint density at radius 1 is 0.457 bits per heavy atom. The highest BCUT2D eigenvalue weighted by Gasteiger charge is 2.51. The van der Waals surface area contributed by atoms with Gasteiger partial charge in [0.1, 0.15) is 48.8 Å². The lowest BCUT2D eigenvalue weighted by atomic mass is 9.97. The second-order valence-electron chi connectivity index (χ2n) is 21.1. The first-order valence-electron chi connectivity index (χ1n) is 29.3. The summed E-state index contributed by atoms with van der Waals surface area (Å²) in [4.78, 5) is 13.2. The average Bonchev–Trinajstić information content (AvgIpc) is 3.36. The molecule has 2 heterocycles. The van der Waals surface area contributed by atoms with Gasteiger partial charge in [-0.25, -0.2) is 0 Å². The number of carbonyl (C=O) groups excluding carboxylic acids is 1. The van der Waals surface area contributed by atoms with Crippen molar-refractivity contribution in [2.24, 2.45) is 0 Å². The van der Waals surface area contributed by atoms with Crippen LogP contribution in [0.5, 0.6) is 0 Å². The topological polar surface area (TPSA) is 228 Å². The molecule has 0 aromatic heterocycles. The summed E-state index contributed by atoms with van der Waals surface area (Å²) in [6.07, 6.45) is 29.8. The summed E-state index contributed by atoms with van der Waals surface area (Å²) in [5.41, 5.74) is 0. The van der Waals surface area contributed by atoms with Crippen molar-refractivity contribution in [3.8, 4) is 0 Å². The Hall–Kier alpha value is -1.01. The number of aliphatic hydroxyl groups excluding tert-OH is 8. The summed E-state index contributed by atoms with van der Waals surface area (Å²) < 4.78 is 22.8. The second-order valence-corrected chi connectivity index (χ2v) is 21.1. The fourth-order valence-electron chi connectivity index (χ4n) is 10.1. The molecule has 14 nitrogen and oxygen atoms in total. The zero-order valence-corrected chi connectivity index (χ0v) is 44.5. The molecule has 0 saturated carbocycles. The number of carbonyl (C=O) groups is 1. The Morgan fingerprint density at radius 3 is 1.21 bits per heavy atom. The zero-order valence-electron chi connectivity index (χ0n) is 44.5. The van der Waals surface area contributed by atoms with Crippen LogP contribution in [0.2, 0.25) is 0 Å². The van der Waals surface area contributed by atoms with Crippen molar-refractivity contribution in [2.45, 2.75) is 331 Å². The van der Waals surface area contributed by atoms with E-state index in [1.165, 1.54) is 180 Å². The van der Waals surface area contributed by atoms with Crippen molar-refractivity contribution in [2.75, 3.05) is 19.8 Å². The quantitative estimate of drug-likeness (QED) is 0.0259. The standard InChI is InChI=1S/C56H109NO13/c1-3-5-7-9-11-13-15-16-17-18-19-20-21-22-23-24-25-26-27-28-30-32-34-36-38-40-48(61)57-44(45(60)39-37-35-33-31-29-14-12-10-8-6-4-2)43-67-55-53(66)51(64)54(47(42-59)69-55)70-56-52(65)50(63)49(62)46(41-58)68-56/h44-47,49-56,58-60,62-66H,3-43H2,1-2H3,(H,57,61). The zero-order chi connectivity index (χ0) is 51.0. The van der Waals surface area contributed by atoms with E-state index in [4.69, 9.17) is 18.9 Å². The minimum Gasteiger partial charge on any atom is -0.394 e. The largest absolute Gasteiger partial charge is 0.394 e. The maximum absolute atomic E-state index is 13.2. The molecule has 2 fully saturated rings. The molecule has 12 unspecified atom stereocenters. The fraction of sp³-hybridized carbons (Fsp3) is 0.982. The van der Waals surface area contributed by atoms with Gasteiger partial charge in [0, 0.05) is 6.42 Å². The minimum atomic E-state index is -1.78. The Balaban J connectivity index is 1.69. The van der Waals surface area contributed by atoms with Crippen LogP contribution in [0, 0.1) is 0 Å². The SMILES string of the molecule is CCCCCCCCCCCCCCCCCCCCCCCCCCCC(=O)NC(COC1OC(CO)C(OC2OC(CO)C(O)C(O)C2O)C(O)C1O)C(O)CCCCCCCCCCCCC. The summed E-state index contributed by atoms with van der Waals surface area (Å²) in [7, 11) is 0. The number of hydrogen-bond donors (Lipinski definition) is 9. The van der Waals surface area contributed by atoms with Crippen LogP contribution in [0.25, 0.3) is 0 Å². The lowest BCUT2D eigenvalue weighted by Crippen LogP contribution is -2.65. The number of amides is 1. The maximum Gasteiger partial charge on any atom is 0.220 e. The molecule has 0 aliphatic carbocycles. The highest BCUT2D eigenvalue weighted by atomic mass is 16.7. The molecule has 2 rings (SSSR count). The third-order valence-corrected chi connectivity index (χ3v) is 14.8. The Labute approximate surface area is 425 Å². The monoisotopic (exact) mass is 1000 g/mol. The van der Waals surface area contributed by atoms with Crippen LogP contribution in [-0.2, 0) is 23.7 Å². The minimum absolute atomic E-state index is 0.202. The van der Waals surface area contributed by atoms with Crippen LogP contribution < -0.4 is 5.32 Å². The normalized spacial score (nSPS) is 25.9. The van der Waals surface area contributed by atoms with E-state index < -0.39 is 86.8 Å². The van der Waals surface area contributed by atoms with Crippen molar-refractivity contribution in [1.29, 1.82) is 0 Å². The average molecular weight is 1000 g/mol. The first kappa shape index (κ1) is 65.1. The molecule has 12 atom stereocenters. The Bertz CT molecular complexity index is 1180. The van der Waals surface area contributed by atoms with E-state index in [1.807, 2.05) is 0 Å². The molecule has 0 aromatic rings. The molecule has 0 radical (unpaired) electrons. The molecule has 9 N–H and O–H groups in total. The van der Waals surface area contributed by atoms with Crippen LogP contribution in [0.3, 0.4) is 0 Å². The summed E-state index contributed by atoms with van der Waals surface area (Å²) in [5, 5.41) is 87.0. The predicted molar refractivity (Wildman–Crippen MR) is 277 cm³/mol. The number of ether oxygens (including phenoxy) is 4. The van der Waals surface area contributed by atoms with Crippen molar-refractivity contribution < 1.29 is 64.6 Å². The molecule has 0 bridgehead atoms. The number of aliphatic hydroxyl groups is 8. The van der Waals surface area contributed by atoms with Gasteiger partial charge in [-0.05, 0) is 12.8 Å². The van der Waals surface area contributed by atoms with Crippen LogP contribution >= 0.6 is 0 Å². The molecule has 1 amide bonds. The predicted octanol–water partition coefficient (Wildman–Crippen LogP) is 9.34. The molecule has 0 aromatic carbocycles. The lowest BCUT2D eigenvalue weighted by Gasteiger charge is -2.46. The summed E-state index contributed by atoms with van der Waals surface area (Å²) >= 11 is 0. The number of nitrogens with one attached hydrogen (secondary N) is 1. The summed E-state index contributed by atoms with van der Waals surface area (Å²) in [5.74, 6) is -0.202. The summed E-state index contributed by atoms with van der Waals surface area (Å²) in [6.45, 7) is 2.87. The van der Waals surface area contributed by atoms with Gasteiger partial charge in [-0.2, -0.15) is 0 Å². The molecule has 2 aliphatic rings. The van der Waals surface area contributed by atoms with Crippen LogP contribution in [0.15, 0.2) is 0 Å². The third-order valence-electron chi connectivity index (χ3n) is 14.8. The molecular weight excluding hydrogens is 895 g/mol. The smallest absolute Gasteiger partial charge is 0.220 e. The number of unbranched alkanes of at least 4 members (excludes halogenated alkanes) is 34. The van der Waals surface area contributed by atoms with Gasteiger partial charge in [0.15, 0.2) is 12.6 Å². The van der Waals surface area contributed by atoms with Gasteiger partial charge in [-0.15, -0.1) is 0 Å². The molecule has 2 aliphatic heterocycles.